The van der Waals surface area contributed by atoms with Crippen molar-refractivity contribution >= 4 is 23.0 Å². The number of nitrogens with one attached hydrogen (secondary N) is 2. The molecule has 1 rings (SSSR count). The van der Waals surface area contributed by atoms with Crippen molar-refractivity contribution in [2.45, 2.75) is 25.4 Å². The van der Waals surface area contributed by atoms with Gasteiger partial charge in [0.1, 0.15) is 0 Å². The van der Waals surface area contributed by atoms with Gasteiger partial charge in [-0.15, -0.1) is 0 Å². The van der Waals surface area contributed by atoms with E-state index >= 15 is 0 Å². The summed E-state index contributed by atoms with van der Waals surface area (Å²) in [6.07, 6.45) is 2.65. The van der Waals surface area contributed by atoms with Crippen molar-refractivity contribution in [1.82, 2.24) is 10.6 Å². The number of hydrogen-bond donors (Lipinski definition) is 4. The first-order chi connectivity index (χ1) is 13.8. The summed E-state index contributed by atoms with van der Waals surface area (Å²) in [7, 11) is 3.03. The molecular formula is C20H24N2NiO6-2. The minimum Gasteiger partial charge on any atom is -0.624 e. The van der Waals surface area contributed by atoms with E-state index in [0.717, 1.165) is 17.5 Å². The zero-order valence-corrected chi connectivity index (χ0v) is 16.8. The van der Waals surface area contributed by atoms with Gasteiger partial charge in [0.2, 0.25) is 0 Å². The fourth-order valence-corrected chi connectivity index (χ4v) is 2.16. The van der Waals surface area contributed by atoms with Gasteiger partial charge in [-0.3, -0.25) is 0 Å². The molecule has 9 heteroatoms. The maximum atomic E-state index is 11.3. The molecular weight excluding hydrogens is 423 g/mol. The molecule has 1 aromatic rings. The summed E-state index contributed by atoms with van der Waals surface area (Å²) in [6.45, 7) is 6.28. The maximum Gasteiger partial charge on any atom is 0.375 e. The van der Waals surface area contributed by atoms with E-state index in [2.05, 4.69) is 37.5 Å². The Morgan fingerprint density at radius 3 is 2.34 bits per heavy atom. The molecule has 0 bridgehead atoms. The van der Waals surface area contributed by atoms with Crippen LogP contribution in [0.15, 0.2) is 48.1 Å². The topological polar surface area (TPSA) is 125 Å². The zero-order valence-electron chi connectivity index (χ0n) is 15.8. The average molecular weight is 447 g/mol. The number of aliphatic carboxylic acids is 1. The summed E-state index contributed by atoms with van der Waals surface area (Å²) in [6, 6.07) is 8.65. The van der Waals surface area contributed by atoms with Crippen LogP contribution < -0.4 is 10.6 Å². The minimum atomic E-state index is -1.35. The molecule has 2 atom stereocenters. The zero-order chi connectivity index (χ0) is 22.2. The number of carbonyl (C=O) groups excluding carboxylic acids is 2. The third kappa shape index (κ3) is 11.6. The third-order valence-electron chi connectivity index (χ3n) is 3.30. The van der Waals surface area contributed by atoms with Crippen LogP contribution in [0.2, 0.25) is 0 Å². The first-order valence-electron chi connectivity index (χ1n) is 8.35. The number of allylic oxidation sites excluding steroid dienone is 2. The minimum absolute atomic E-state index is 0.0478. The molecule has 0 fully saturated rings. The number of rotatable bonds is 9. The molecule has 0 radical (unpaired) electrons. The van der Waals surface area contributed by atoms with Crippen LogP contribution in [-0.2, 0) is 35.8 Å². The second kappa shape index (κ2) is 15.2. The number of ether oxygens (including phenoxy) is 1. The summed E-state index contributed by atoms with van der Waals surface area (Å²) in [5, 5.41) is 21.9. The number of alkyl carbamates (subject to hydrolysis) is 1. The fourth-order valence-electron chi connectivity index (χ4n) is 1.94. The summed E-state index contributed by atoms with van der Waals surface area (Å²) in [5.41, 5.74) is 1.25. The van der Waals surface area contributed by atoms with E-state index in [1.54, 1.807) is 0 Å². The van der Waals surface area contributed by atoms with E-state index in [1.165, 1.54) is 11.6 Å². The molecule has 0 saturated heterocycles. The molecule has 4 N–H and O–H groups in total. The Hall–Kier alpha value is -2.77. The Morgan fingerprint density at radius 2 is 1.90 bits per heavy atom. The first-order valence-corrected chi connectivity index (χ1v) is 8.92. The Morgan fingerprint density at radius 1 is 1.28 bits per heavy atom. The number of aliphatic hydroxyl groups is 1. The van der Waals surface area contributed by atoms with Gasteiger partial charge >= 0.3 is 100 Å². The van der Waals surface area contributed by atoms with Gasteiger partial charge in [0.05, 0.1) is 0 Å². The molecule has 29 heavy (non-hydrogen) atoms. The van der Waals surface area contributed by atoms with Crippen LogP contribution in [0.3, 0.4) is 0 Å². The Balaban J connectivity index is 0.000000541. The molecule has 0 heterocycles. The van der Waals surface area contributed by atoms with E-state index in [1.807, 2.05) is 37.3 Å². The standard InChI is InChI=1S/C11H14NO2.C9H10NO4.Ni/c1-9(12-11(13)14-2)8-10-6-4-3-5-7-10;1-3-4-6(2)8(12)10-7(5-11)9(13)14;/h3-7,9H,2,8H2,1H3,(H,12,13);1-4,7,11H,5H2,(H,10,12)(H,13,14);/q2*-1;/b;6-4+;/t9-;7-;/m00./s1. The number of amides is 2. The third-order valence-corrected chi connectivity index (χ3v) is 3.61. The molecule has 1 aromatic carbocycles. The molecule has 8 nitrogen and oxygen atoms in total. The number of hydrogen-bond acceptors (Lipinski definition) is 5. The van der Waals surface area contributed by atoms with E-state index < -0.39 is 30.6 Å². The Kier molecular flexibility index (Phi) is 13.7. The second-order valence-corrected chi connectivity index (χ2v) is 5.90. The SMILES string of the molecule is [CH-]=C/C=C(\[CH]=[Ni])C(=O)N[C@@H](CO)C(=O)O.[CH2-]OC(=O)N[C@@H](C)Cc1ccccc1. The molecule has 0 unspecified atom stereocenters. The maximum absolute atomic E-state index is 11.3. The normalized spacial score (nSPS) is 12.4. The van der Waals surface area contributed by atoms with Crippen molar-refractivity contribution in [3.05, 3.63) is 67.3 Å². The second-order valence-electron chi connectivity index (χ2n) is 5.62. The van der Waals surface area contributed by atoms with Crippen LogP contribution in [0.1, 0.15) is 12.5 Å². The van der Waals surface area contributed by atoms with E-state index in [-0.39, 0.29) is 11.6 Å². The first kappa shape index (κ1) is 26.2. The predicted molar refractivity (Wildman–Crippen MR) is 104 cm³/mol. The smallest absolute Gasteiger partial charge is 0.375 e. The van der Waals surface area contributed by atoms with Crippen LogP contribution >= 0.6 is 0 Å². The van der Waals surface area contributed by atoms with Gasteiger partial charge in [-0.2, -0.15) is 7.11 Å². The summed E-state index contributed by atoms with van der Waals surface area (Å²) < 4.78 is 4.26. The van der Waals surface area contributed by atoms with Crippen molar-refractivity contribution in [2.75, 3.05) is 6.61 Å². The van der Waals surface area contributed by atoms with Crippen LogP contribution in [-0.4, -0.2) is 51.9 Å². The van der Waals surface area contributed by atoms with Gasteiger partial charge in [0, 0.05) is 6.04 Å². The van der Waals surface area contributed by atoms with E-state index in [4.69, 9.17) is 16.8 Å². The van der Waals surface area contributed by atoms with Crippen LogP contribution in [0.4, 0.5) is 4.79 Å². The van der Waals surface area contributed by atoms with Crippen molar-refractivity contribution in [1.29, 1.82) is 0 Å². The number of aliphatic hydroxyl groups excluding tert-OH is 1. The molecule has 0 aliphatic carbocycles. The summed E-state index contributed by atoms with van der Waals surface area (Å²) in [5.74, 6) is -2.01. The molecule has 0 saturated carbocycles. The number of carboxylic acid groups (broad SMARTS) is 1. The van der Waals surface area contributed by atoms with Crippen molar-refractivity contribution < 1.29 is 44.4 Å². The van der Waals surface area contributed by atoms with Gasteiger partial charge in [-0.25, -0.2) is 4.79 Å². The number of carbonyl (C=O) groups is 3. The van der Waals surface area contributed by atoms with Crippen molar-refractivity contribution in [3.8, 4) is 0 Å². The van der Waals surface area contributed by atoms with Gasteiger partial charge in [-0.1, -0.05) is 30.3 Å². The predicted octanol–water partition coefficient (Wildman–Crippen LogP) is 0.948. The van der Waals surface area contributed by atoms with E-state index in [9.17, 15) is 14.4 Å². The van der Waals surface area contributed by atoms with Gasteiger partial charge in [0.25, 0.3) is 0 Å². The monoisotopic (exact) mass is 446 g/mol. The Bertz CT molecular complexity index is 721. The number of carboxylic acids is 1. The number of benzene rings is 1. The average Bonchev–Trinajstić information content (AvgIpc) is 2.70. The molecule has 0 aliphatic heterocycles. The van der Waals surface area contributed by atoms with Gasteiger partial charge < -0.3 is 10.1 Å². The largest absolute Gasteiger partial charge is 0.624 e. The van der Waals surface area contributed by atoms with Crippen LogP contribution in [0, 0.1) is 13.7 Å². The molecule has 0 aliphatic rings. The Labute approximate surface area is 177 Å². The fraction of sp³-hybridized carbons (Fsp3) is 0.250. The summed E-state index contributed by atoms with van der Waals surface area (Å²) >= 11 is 4.24. The summed E-state index contributed by atoms with van der Waals surface area (Å²) in [4.78, 5) is 33.7. The molecule has 0 spiro atoms. The van der Waals surface area contributed by atoms with Crippen LogP contribution in [0.25, 0.3) is 0 Å². The van der Waals surface area contributed by atoms with Crippen LogP contribution in [0.5, 0.6) is 0 Å². The molecule has 2 amide bonds. The van der Waals surface area contributed by atoms with Crippen molar-refractivity contribution in [3.63, 3.8) is 0 Å². The van der Waals surface area contributed by atoms with Crippen molar-refractivity contribution in [2.24, 2.45) is 0 Å². The van der Waals surface area contributed by atoms with E-state index in [0.29, 0.717) is 0 Å². The van der Waals surface area contributed by atoms with Gasteiger partial charge in [-0.05, 0) is 18.9 Å². The molecule has 0 aromatic heterocycles. The quantitative estimate of drug-likeness (QED) is 0.194. The molecule has 162 valence electrons. The van der Waals surface area contributed by atoms with Gasteiger partial charge in [0.15, 0.2) is 0 Å².